The SMILES string of the molecule is CCCCOc1ccc(C(=O)Oc2ccc(/C=N/NC(=O)CNS(=O)(=O)c3ccccc3)cc2OC)cc1. The molecular formula is C27H29N3O7S. The summed E-state index contributed by atoms with van der Waals surface area (Å²) in [5.41, 5.74) is 3.14. The van der Waals surface area contributed by atoms with E-state index < -0.39 is 28.4 Å². The molecule has 11 heteroatoms. The molecule has 0 radical (unpaired) electrons. The summed E-state index contributed by atoms with van der Waals surface area (Å²) in [6.45, 7) is 2.21. The summed E-state index contributed by atoms with van der Waals surface area (Å²) in [4.78, 5) is 24.6. The van der Waals surface area contributed by atoms with Crippen LogP contribution >= 0.6 is 0 Å². The molecule has 0 unspecified atom stereocenters. The van der Waals surface area contributed by atoms with E-state index in [1.54, 1.807) is 54.6 Å². The molecule has 3 rings (SSSR count). The molecule has 0 aliphatic rings. The Morgan fingerprint density at radius 1 is 0.974 bits per heavy atom. The minimum absolute atomic E-state index is 0.0534. The molecule has 0 heterocycles. The molecule has 0 fully saturated rings. The Hall–Kier alpha value is -4.22. The summed E-state index contributed by atoms with van der Waals surface area (Å²) < 4.78 is 43.0. The molecular weight excluding hydrogens is 510 g/mol. The van der Waals surface area contributed by atoms with Gasteiger partial charge in [-0.05, 0) is 66.6 Å². The van der Waals surface area contributed by atoms with Crippen LogP contribution in [-0.2, 0) is 14.8 Å². The monoisotopic (exact) mass is 539 g/mol. The first-order valence-corrected chi connectivity index (χ1v) is 13.3. The number of rotatable bonds is 13. The van der Waals surface area contributed by atoms with Crippen LogP contribution < -0.4 is 24.4 Å². The average Bonchev–Trinajstić information content (AvgIpc) is 2.93. The van der Waals surface area contributed by atoms with Crippen molar-refractivity contribution in [2.24, 2.45) is 5.10 Å². The van der Waals surface area contributed by atoms with E-state index in [9.17, 15) is 18.0 Å². The third-order valence-corrected chi connectivity index (χ3v) is 6.54. The molecule has 3 aromatic carbocycles. The van der Waals surface area contributed by atoms with Crippen LogP contribution in [0.25, 0.3) is 0 Å². The maximum Gasteiger partial charge on any atom is 0.343 e. The number of hydrogen-bond acceptors (Lipinski definition) is 8. The number of hydrogen-bond donors (Lipinski definition) is 2. The highest BCUT2D eigenvalue weighted by Crippen LogP contribution is 2.28. The minimum Gasteiger partial charge on any atom is -0.494 e. The lowest BCUT2D eigenvalue weighted by Gasteiger charge is -2.10. The molecule has 10 nitrogen and oxygen atoms in total. The van der Waals surface area contributed by atoms with Crippen LogP contribution in [0.2, 0.25) is 0 Å². The number of hydrazone groups is 1. The van der Waals surface area contributed by atoms with Gasteiger partial charge in [-0.15, -0.1) is 0 Å². The fourth-order valence-corrected chi connectivity index (χ4v) is 4.09. The van der Waals surface area contributed by atoms with Gasteiger partial charge in [0.2, 0.25) is 10.0 Å². The Morgan fingerprint density at radius 2 is 1.71 bits per heavy atom. The fourth-order valence-electron chi connectivity index (χ4n) is 3.09. The number of esters is 1. The Kier molecular flexibility index (Phi) is 10.4. The number of carbonyl (C=O) groups excluding carboxylic acids is 2. The molecule has 200 valence electrons. The third kappa shape index (κ3) is 8.43. The Bertz CT molecular complexity index is 1360. The summed E-state index contributed by atoms with van der Waals surface area (Å²) >= 11 is 0. The van der Waals surface area contributed by atoms with Crippen molar-refractivity contribution in [3.8, 4) is 17.2 Å². The van der Waals surface area contributed by atoms with Gasteiger partial charge in [0, 0.05) is 0 Å². The minimum atomic E-state index is -3.81. The lowest BCUT2D eigenvalue weighted by molar-refractivity contribution is -0.119. The topological polar surface area (TPSA) is 132 Å². The van der Waals surface area contributed by atoms with Crippen molar-refractivity contribution in [2.75, 3.05) is 20.3 Å². The average molecular weight is 540 g/mol. The van der Waals surface area contributed by atoms with Gasteiger partial charge in [0.15, 0.2) is 11.5 Å². The maximum absolute atomic E-state index is 12.6. The van der Waals surface area contributed by atoms with Gasteiger partial charge in [-0.3, -0.25) is 4.79 Å². The van der Waals surface area contributed by atoms with Gasteiger partial charge in [0.25, 0.3) is 5.91 Å². The lowest BCUT2D eigenvalue weighted by Crippen LogP contribution is -2.34. The maximum atomic E-state index is 12.6. The summed E-state index contributed by atoms with van der Waals surface area (Å²) in [5.74, 6) is -0.0481. The van der Waals surface area contributed by atoms with E-state index in [4.69, 9.17) is 14.2 Å². The van der Waals surface area contributed by atoms with Crippen molar-refractivity contribution in [3.63, 3.8) is 0 Å². The first-order chi connectivity index (χ1) is 18.3. The van der Waals surface area contributed by atoms with Gasteiger partial charge in [-0.25, -0.2) is 23.4 Å². The van der Waals surface area contributed by atoms with Crippen LogP contribution in [0.4, 0.5) is 0 Å². The third-order valence-electron chi connectivity index (χ3n) is 5.13. The number of nitrogens with zero attached hydrogens (tertiary/aromatic N) is 1. The van der Waals surface area contributed by atoms with E-state index in [-0.39, 0.29) is 16.4 Å². The van der Waals surface area contributed by atoms with E-state index in [2.05, 4.69) is 22.2 Å². The quantitative estimate of drug-likeness (QED) is 0.112. The molecule has 0 aromatic heterocycles. The van der Waals surface area contributed by atoms with Crippen LogP contribution in [-0.4, -0.2) is 46.8 Å². The number of methoxy groups -OCH3 is 1. The fraction of sp³-hybridized carbons (Fsp3) is 0.222. The van der Waals surface area contributed by atoms with E-state index in [0.717, 1.165) is 12.8 Å². The zero-order chi connectivity index (χ0) is 27.4. The van der Waals surface area contributed by atoms with Gasteiger partial charge in [0.05, 0.1) is 36.9 Å². The van der Waals surface area contributed by atoms with E-state index in [1.165, 1.54) is 31.5 Å². The standard InChI is InChI=1S/C27H29N3O7S/c1-3-4-16-36-22-13-11-21(12-14-22)27(32)37-24-15-10-20(17-25(24)35-2)18-28-30-26(31)19-29-38(33,34)23-8-6-5-7-9-23/h5-15,17-18,29H,3-4,16,19H2,1-2H3,(H,30,31)/b28-18+. The number of amides is 1. The normalized spacial score (nSPS) is 11.2. The van der Waals surface area contributed by atoms with Crippen LogP contribution in [0.15, 0.2) is 82.8 Å². The molecule has 1 amide bonds. The highest BCUT2D eigenvalue weighted by Gasteiger charge is 2.15. The first kappa shape index (κ1) is 28.4. The first-order valence-electron chi connectivity index (χ1n) is 11.8. The van der Waals surface area contributed by atoms with Gasteiger partial charge in [-0.2, -0.15) is 5.10 Å². The van der Waals surface area contributed by atoms with Crippen LogP contribution in [0.3, 0.4) is 0 Å². The summed E-state index contributed by atoms with van der Waals surface area (Å²) in [6.07, 6.45) is 3.33. The number of carbonyl (C=O) groups is 2. The number of sulfonamides is 1. The van der Waals surface area contributed by atoms with E-state index >= 15 is 0 Å². The largest absolute Gasteiger partial charge is 0.494 e. The van der Waals surface area contributed by atoms with Crippen molar-refractivity contribution < 1.29 is 32.2 Å². The van der Waals surface area contributed by atoms with E-state index in [1.807, 2.05) is 0 Å². The molecule has 0 spiro atoms. The van der Waals surface area contributed by atoms with Gasteiger partial charge in [0.1, 0.15) is 5.75 Å². The smallest absolute Gasteiger partial charge is 0.343 e. The van der Waals surface area contributed by atoms with Gasteiger partial charge < -0.3 is 14.2 Å². The van der Waals surface area contributed by atoms with Crippen molar-refractivity contribution in [1.82, 2.24) is 10.1 Å². The number of ether oxygens (including phenoxy) is 3. The zero-order valence-electron chi connectivity index (χ0n) is 21.0. The second-order valence-corrected chi connectivity index (χ2v) is 9.72. The summed E-state index contributed by atoms with van der Waals surface area (Å²) in [7, 11) is -2.38. The second kappa shape index (κ2) is 13.9. The van der Waals surface area contributed by atoms with Gasteiger partial charge in [-0.1, -0.05) is 31.5 Å². The molecule has 3 aromatic rings. The van der Waals surface area contributed by atoms with Crippen molar-refractivity contribution in [1.29, 1.82) is 0 Å². The Labute approximate surface area is 221 Å². The summed E-state index contributed by atoms with van der Waals surface area (Å²) in [5, 5.41) is 3.83. The predicted octanol–water partition coefficient (Wildman–Crippen LogP) is 3.52. The molecule has 0 saturated carbocycles. The van der Waals surface area contributed by atoms with Gasteiger partial charge >= 0.3 is 5.97 Å². The van der Waals surface area contributed by atoms with Crippen LogP contribution in [0.5, 0.6) is 17.2 Å². The Balaban J connectivity index is 1.54. The van der Waals surface area contributed by atoms with Crippen LogP contribution in [0, 0.1) is 0 Å². The number of nitrogens with one attached hydrogen (secondary N) is 2. The van der Waals surface area contributed by atoms with Crippen molar-refractivity contribution in [3.05, 3.63) is 83.9 Å². The van der Waals surface area contributed by atoms with Crippen molar-refractivity contribution >= 4 is 28.1 Å². The molecule has 2 N–H and O–H groups in total. The Morgan fingerprint density at radius 3 is 2.39 bits per heavy atom. The van der Waals surface area contributed by atoms with Crippen molar-refractivity contribution in [2.45, 2.75) is 24.7 Å². The van der Waals surface area contributed by atoms with E-state index in [0.29, 0.717) is 23.5 Å². The number of benzene rings is 3. The highest BCUT2D eigenvalue weighted by molar-refractivity contribution is 7.89. The summed E-state index contributed by atoms with van der Waals surface area (Å²) in [6, 6.07) is 19.1. The molecule has 0 aliphatic carbocycles. The lowest BCUT2D eigenvalue weighted by atomic mass is 10.2. The van der Waals surface area contributed by atoms with Crippen LogP contribution in [0.1, 0.15) is 35.7 Å². The molecule has 0 bridgehead atoms. The highest BCUT2D eigenvalue weighted by atomic mass is 32.2. The molecule has 38 heavy (non-hydrogen) atoms. The number of unbranched alkanes of at least 4 members (excludes halogenated alkanes) is 1. The molecule has 0 atom stereocenters. The molecule has 0 aliphatic heterocycles. The zero-order valence-corrected chi connectivity index (χ0v) is 21.9. The second-order valence-electron chi connectivity index (χ2n) is 7.96. The molecule has 0 saturated heterocycles. The predicted molar refractivity (Wildman–Crippen MR) is 142 cm³/mol.